The number of aromatic nitrogens is 4. The Morgan fingerprint density at radius 2 is 2.06 bits per heavy atom. The number of carbonyl (C=O) groups is 1. The van der Waals surface area contributed by atoms with Crippen molar-refractivity contribution in [2.75, 3.05) is 25.0 Å². The van der Waals surface area contributed by atoms with Crippen molar-refractivity contribution in [1.29, 1.82) is 0 Å². The average Bonchev–Trinajstić information content (AvgIpc) is 3.57. The molecule has 1 amide bonds. The van der Waals surface area contributed by atoms with Gasteiger partial charge in [0, 0.05) is 19.5 Å². The Kier molecular flexibility index (Phi) is 7.28. The van der Waals surface area contributed by atoms with Gasteiger partial charge in [-0.3, -0.25) is 19.5 Å². The quantitative estimate of drug-likeness (QED) is 0.391. The highest BCUT2D eigenvalue weighted by Gasteiger charge is 2.36. The molecule has 186 valence electrons. The van der Waals surface area contributed by atoms with Crippen LogP contribution in [0.2, 0.25) is 0 Å². The van der Waals surface area contributed by atoms with Crippen LogP contribution in [0.3, 0.4) is 0 Å². The summed E-state index contributed by atoms with van der Waals surface area (Å²) in [6.45, 7) is 4.17. The number of hydrogen-bond donors (Lipinski definition) is 2. The molecule has 1 fully saturated rings. The van der Waals surface area contributed by atoms with E-state index >= 15 is 0 Å². The molecule has 0 aliphatic heterocycles. The first-order chi connectivity index (χ1) is 16.7. The molecule has 11 nitrogen and oxygen atoms in total. The first-order valence-corrected chi connectivity index (χ1v) is 13.3. The minimum Gasteiger partial charge on any atom is -0.477 e. The molecule has 1 atom stereocenters. The van der Waals surface area contributed by atoms with E-state index in [0.717, 1.165) is 11.3 Å². The predicted octanol–water partition coefficient (Wildman–Crippen LogP) is 2.59. The van der Waals surface area contributed by atoms with Crippen LogP contribution in [0, 0.1) is 0 Å². The fourth-order valence-electron chi connectivity index (χ4n) is 3.37. The molecule has 0 aromatic carbocycles. The van der Waals surface area contributed by atoms with Crippen LogP contribution >= 0.6 is 11.3 Å². The molecule has 1 aliphatic carbocycles. The van der Waals surface area contributed by atoms with Crippen molar-refractivity contribution in [2.24, 2.45) is 0 Å². The van der Waals surface area contributed by atoms with Gasteiger partial charge in [0.25, 0.3) is 5.91 Å². The molecule has 0 unspecified atom stereocenters. The van der Waals surface area contributed by atoms with Gasteiger partial charge in [0.15, 0.2) is 5.01 Å². The van der Waals surface area contributed by atoms with Gasteiger partial charge in [0.2, 0.25) is 15.9 Å². The van der Waals surface area contributed by atoms with Crippen LogP contribution in [0.4, 0.5) is 5.69 Å². The van der Waals surface area contributed by atoms with Crippen LogP contribution in [-0.2, 0) is 20.3 Å². The van der Waals surface area contributed by atoms with E-state index in [2.05, 4.69) is 30.0 Å². The highest BCUT2D eigenvalue weighted by atomic mass is 32.2. The Hall–Kier alpha value is -3.16. The predicted molar refractivity (Wildman–Crippen MR) is 131 cm³/mol. The number of ether oxygens (including phenoxy) is 2. The van der Waals surface area contributed by atoms with Gasteiger partial charge in [-0.15, -0.1) is 11.3 Å². The van der Waals surface area contributed by atoms with Crippen LogP contribution in [0.1, 0.15) is 42.2 Å². The number of rotatable bonds is 11. The molecule has 1 saturated carbocycles. The molecule has 3 heterocycles. The van der Waals surface area contributed by atoms with Gasteiger partial charge in [-0.05, 0) is 38.8 Å². The molecule has 0 saturated heterocycles. The Bertz CT molecular complexity index is 1310. The standard InChI is InChI=1S/C22H26N6O5S2/c1-4-33-19-12-23-10-16(26-19)17-11-25-21(34-17)20(29)27-22(2,13-32-3)18-9-14(7-8-24-18)28-35(30,31)15-5-6-15/h7-12,15H,4-6,13H2,1-3H3,(H,24,28)(H,27,29)/t22-/m0/s1. The Labute approximate surface area is 207 Å². The maximum absolute atomic E-state index is 13.1. The number of nitrogens with zero attached hydrogens (tertiary/aromatic N) is 4. The van der Waals surface area contributed by atoms with Gasteiger partial charge in [0.1, 0.15) is 11.2 Å². The number of pyridine rings is 1. The summed E-state index contributed by atoms with van der Waals surface area (Å²) in [5.41, 5.74) is 0.316. The van der Waals surface area contributed by atoms with Crippen molar-refractivity contribution in [3.8, 4) is 16.5 Å². The van der Waals surface area contributed by atoms with Crippen LogP contribution in [-0.4, -0.2) is 59.8 Å². The second-order valence-electron chi connectivity index (χ2n) is 8.20. The fraction of sp³-hybridized carbons (Fsp3) is 0.409. The zero-order chi connectivity index (χ0) is 25.1. The highest BCUT2D eigenvalue weighted by molar-refractivity contribution is 7.93. The van der Waals surface area contributed by atoms with Crippen molar-refractivity contribution in [3.05, 3.63) is 47.6 Å². The fourth-order valence-corrected chi connectivity index (χ4v) is 5.51. The lowest BCUT2D eigenvalue weighted by molar-refractivity contribution is 0.0777. The number of thiazole rings is 1. The van der Waals surface area contributed by atoms with E-state index in [0.29, 0.717) is 47.3 Å². The molecule has 2 N–H and O–H groups in total. The summed E-state index contributed by atoms with van der Waals surface area (Å²) < 4.78 is 38.0. The van der Waals surface area contributed by atoms with Crippen molar-refractivity contribution >= 4 is 33.0 Å². The van der Waals surface area contributed by atoms with Crippen LogP contribution in [0.25, 0.3) is 10.6 Å². The van der Waals surface area contributed by atoms with Crippen molar-refractivity contribution in [1.82, 2.24) is 25.3 Å². The third-order valence-corrected chi connectivity index (χ3v) is 8.12. The molecule has 0 radical (unpaired) electrons. The number of methoxy groups -OCH3 is 1. The van der Waals surface area contributed by atoms with Gasteiger partial charge < -0.3 is 14.8 Å². The van der Waals surface area contributed by atoms with Gasteiger partial charge >= 0.3 is 0 Å². The van der Waals surface area contributed by atoms with E-state index in [1.807, 2.05) is 6.92 Å². The highest BCUT2D eigenvalue weighted by Crippen LogP contribution is 2.31. The molecule has 13 heteroatoms. The average molecular weight is 519 g/mol. The summed E-state index contributed by atoms with van der Waals surface area (Å²) in [7, 11) is -1.93. The molecule has 0 spiro atoms. The number of hydrogen-bond acceptors (Lipinski definition) is 10. The summed E-state index contributed by atoms with van der Waals surface area (Å²) in [5, 5.41) is 2.79. The Morgan fingerprint density at radius 1 is 1.26 bits per heavy atom. The third kappa shape index (κ3) is 5.92. The minimum atomic E-state index is -3.44. The molecule has 35 heavy (non-hydrogen) atoms. The maximum atomic E-state index is 13.1. The van der Waals surface area contributed by atoms with E-state index < -0.39 is 21.5 Å². The van der Waals surface area contributed by atoms with Crippen LogP contribution < -0.4 is 14.8 Å². The van der Waals surface area contributed by atoms with Gasteiger partial charge in [-0.1, -0.05) is 0 Å². The summed E-state index contributed by atoms with van der Waals surface area (Å²) >= 11 is 1.16. The SMILES string of the molecule is CCOc1cncc(-c2cnc(C(=O)N[C@@](C)(COC)c3cc(NS(=O)(=O)C4CC4)ccn3)s2)n1. The topological polar surface area (TPSA) is 145 Å². The first-order valence-electron chi connectivity index (χ1n) is 10.9. The summed E-state index contributed by atoms with van der Waals surface area (Å²) in [4.78, 5) is 30.9. The smallest absolute Gasteiger partial charge is 0.281 e. The zero-order valence-electron chi connectivity index (χ0n) is 19.5. The lowest BCUT2D eigenvalue weighted by Crippen LogP contribution is -2.47. The minimum absolute atomic E-state index is 0.102. The summed E-state index contributed by atoms with van der Waals surface area (Å²) in [5.74, 6) is -0.0409. The molecular formula is C22H26N6O5S2. The van der Waals surface area contributed by atoms with Crippen molar-refractivity contribution in [2.45, 2.75) is 37.5 Å². The van der Waals surface area contributed by atoms with Crippen molar-refractivity contribution in [3.63, 3.8) is 0 Å². The molecule has 1 aliphatic rings. The van der Waals surface area contributed by atoms with E-state index in [-0.39, 0.29) is 16.9 Å². The van der Waals surface area contributed by atoms with Crippen LogP contribution in [0.5, 0.6) is 5.88 Å². The third-order valence-electron chi connectivity index (χ3n) is 5.23. The monoisotopic (exact) mass is 518 g/mol. The second-order valence-corrected chi connectivity index (χ2v) is 11.2. The van der Waals surface area contributed by atoms with Crippen molar-refractivity contribution < 1.29 is 22.7 Å². The normalized spacial score (nSPS) is 15.3. The van der Waals surface area contributed by atoms with Crippen LogP contribution in [0.15, 0.2) is 36.9 Å². The molecule has 4 rings (SSSR count). The van der Waals surface area contributed by atoms with Gasteiger partial charge in [0.05, 0.1) is 47.1 Å². The second kappa shape index (κ2) is 10.2. The zero-order valence-corrected chi connectivity index (χ0v) is 21.1. The number of anilines is 1. The lowest BCUT2D eigenvalue weighted by atomic mass is 9.97. The number of nitrogens with one attached hydrogen (secondary N) is 2. The number of amides is 1. The molecular weight excluding hydrogens is 492 g/mol. The van der Waals surface area contributed by atoms with E-state index in [1.54, 1.807) is 31.5 Å². The van der Waals surface area contributed by atoms with E-state index in [4.69, 9.17) is 9.47 Å². The Balaban J connectivity index is 1.54. The molecule has 0 bridgehead atoms. The van der Waals surface area contributed by atoms with E-state index in [1.165, 1.54) is 19.5 Å². The number of sulfonamides is 1. The summed E-state index contributed by atoms with van der Waals surface area (Å²) in [6.07, 6.45) is 7.45. The van der Waals surface area contributed by atoms with E-state index in [9.17, 15) is 13.2 Å². The summed E-state index contributed by atoms with van der Waals surface area (Å²) in [6, 6.07) is 3.17. The maximum Gasteiger partial charge on any atom is 0.281 e. The lowest BCUT2D eigenvalue weighted by Gasteiger charge is -2.29. The number of carbonyl (C=O) groups excluding carboxylic acids is 1. The van der Waals surface area contributed by atoms with Gasteiger partial charge in [-0.25, -0.2) is 18.4 Å². The first kappa shape index (κ1) is 24.9. The largest absolute Gasteiger partial charge is 0.477 e. The molecule has 3 aromatic heterocycles. The Morgan fingerprint density at radius 3 is 2.77 bits per heavy atom. The molecule has 3 aromatic rings. The van der Waals surface area contributed by atoms with Gasteiger partial charge in [-0.2, -0.15) is 0 Å².